The predicted octanol–water partition coefficient (Wildman–Crippen LogP) is 1.39. The molecule has 0 aliphatic rings. The lowest BCUT2D eigenvalue weighted by Crippen LogP contribution is -2.09. The Kier molecular flexibility index (Phi) is 2.86. The third kappa shape index (κ3) is 1.90. The number of aldehydes is 1. The van der Waals surface area contributed by atoms with Crippen molar-refractivity contribution in [1.29, 1.82) is 0 Å². The summed E-state index contributed by atoms with van der Waals surface area (Å²) in [6, 6.07) is 4.06. The molecule has 0 saturated carbocycles. The molecule has 14 heavy (non-hydrogen) atoms. The molecule has 4 heteroatoms. The van der Waals surface area contributed by atoms with Gasteiger partial charge in [-0.25, -0.2) is 0 Å². The second-order valence-electron chi connectivity index (χ2n) is 2.99. The monoisotopic (exact) mass is 194 g/mol. The van der Waals surface area contributed by atoms with Crippen LogP contribution in [0, 0.1) is 0 Å². The zero-order valence-electron chi connectivity index (χ0n) is 7.60. The van der Waals surface area contributed by atoms with Crippen LogP contribution in [-0.4, -0.2) is 22.5 Å². The Morgan fingerprint density at radius 1 is 1.50 bits per heavy atom. The molecule has 0 saturated heterocycles. The van der Waals surface area contributed by atoms with E-state index in [0.717, 1.165) is 0 Å². The summed E-state index contributed by atoms with van der Waals surface area (Å²) in [5.74, 6) is -1.80. The van der Waals surface area contributed by atoms with Crippen LogP contribution in [0.1, 0.15) is 28.8 Å². The van der Waals surface area contributed by atoms with Crippen molar-refractivity contribution in [3.8, 4) is 5.75 Å². The predicted molar refractivity (Wildman–Crippen MR) is 49.5 cm³/mol. The van der Waals surface area contributed by atoms with Crippen molar-refractivity contribution in [2.24, 2.45) is 0 Å². The minimum Gasteiger partial charge on any atom is -0.508 e. The summed E-state index contributed by atoms with van der Waals surface area (Å²) in [5, 5.41) is 17.8. The van der Waals surface area contributed by atoms with Gasteiger partial charge in [-0.15, -0.1) is 0 Å². The number of aromatic hydroxyl groups is 1. The molecule has 1 aromatic rings. The highest BCUT2D eigenvalue weighted by Gasteiger charge is 2.17. The van der Waals surface area contributed by atoms with Gasteiger partial charge in [0.1, 0.15) is 12.0 Å². The minimum absolute atomic E-state index is 0.0477. The Balaban J connectivity index is 3.20. The van der Waals surface area contributed by atoms with E-state index >= 15 is 0 Å². The van der Waals surface area contributed by atoms with Gasteiger partial charge in [0.2, 0.25) is 0 Å². The summed E-state index contributed by atoms with van der Waals surface area (Å²) in [6.07, 6.45) is 0.536. The molecule has 0 aliphatic heterocycles. The van der Waals surface area contributed by atoms with E-state index in [9.17, 15) is 9.59 Å². The number of phenols is 1. The van der Waals surface area contributed by atoms with Crippen LogP contribution in [0.4, 0.5) is 0 Å². The minimum atomic E-state index is -1.00. The molecule has 1 aromatic carbocycles. The highest BCUT2D eigenvalue weighted by Crippen LogP contribution is 2.22. The van der Waals surface area contributed by atoms with Gasteiger partial charge < -0.3 is 10.2 Å². The second kappa shape index (κ2) is 3.91. The molecule has 74 valence electrons. The fourth-order valence-electron chi connectivity index (χ4n) is 1.19. The number of hydrogen-bond acceptors (Lipinski definition) is 3. The van der Waals surface area contributed by atoms with E-state index in [2.05, 4.69) is 0 Å². The van der Waals surface area contributed by atoms with Gasteiger partial charge in [0.25, 0.3) is 0 Å². The van der Waals surface area contributed by atoms with Gasteiger partial charge in [0, 0.05) is 5.56 Å². The van der Waals surface area contributed by atoms with Gasteiger partial charge >= 0.3 is 5.97 Å². The molecule has 0 aromatic heterocycles. The fourth-order valence-corrected chi connectivity index (χ4v) is 1.19. The maximum Gasteiger partial charge on any atom is 0.310 e. The Bertz CT molecular complexity index is 370. The number of carboxylic acid groups (broad SMARTS) is 1. The Morgan fingerprint density at radius 3 is 2.64 bits per heavy atom. The van der Waals surface area contributed by atoms with Crippen LogP contribution in [0.2, 0.25) is 0 Å². The van der Waals surface area contributed by atoms with Crippen molar-refractivity contribution in [2.45, 2.75) is 12.8 Å². The van der Waals surface area contributed by atoms with Gasteiger partial charge in [-0.2, -0.15) is 0 Å². The molecule has 1 rings (SSSR count). The lowest BCUT2D eigenvalue weighted by Gasteiger charge is -2.09. The van der Waals surface area contributed by atoms with Crippen LogP contribution in [0.15, 0.2) is 18.2 Å². The summed E-state index contributed by atoms with van der Waals surface area (Å²) >= 11 is 0. The number of carbonyl (C=O) groups is 2. The van der Waals surface area contributed by atoms with E-state index in [-0.39, 0.29) is 11.3 Å². The molecule has 0 aliphatic carbocycles. The number of aliphatic carboxylic acids is 1. The summed E-state index contributed by atoms with van der Waals surface area (Å²) in [4.78, 5) is 21.3. The molecule has 0 heterocycles. The first-order valence-corrected chi connectivity index (χ1v) is 4.07. The summed E-state index contributed by atoms with van der Waals surface area (Å²) < 4.78 is 0. The van der Waals surface area contributed by atoms with E-state index in [4.69, 9.17) is 10.2 Å². The van der Waals surface area contributed by atoms with E-state index in [1.54, 1.807) is 0 Å². The average molecular weight is 194 g/mol. The maximum absolute atomic E-state index is 10.7. The highest BCUT2D eigenvalue weighted by molar-refractivity contribution is 5.84. The number of carbonyl (C=O) groups excluding carboxylic acids is 1. The normalized spacial score (nSPS) is 12.1. The molecule has 0 spiro atoms. The van der Waals surface area contributed by atoms with Gasteiger partial charge in [-0.1, -0.05) is 6.07 Å². The summed E-state index contributed by atoms with van der Waals surface area (Å²) in [7, 11) is 0. The molecule has 0 fully saturated rings. The quantitative estimate of drug-likeness (QED) is 0.713. The number of hydrogen-bond donors (Lipinski definition) is 2. The number of rotatable bonds is 3. The van der Waals surface area contributed by atoms with Crippen LogP contribution in [0.3, 0.4) is 0 Å². The zero-order valence-corrected chi connectivity index (χ0v) is 7.60. The molecular formula is C10H10O4. The molecule has 1 atom stereocenters. The lowest BCUT2D eigenvalue weighted by atomic mass is 9.96. The number of carboxylic acids is 1. The molecular weight excluding hydrogens is 184 g/mol. The van der Waals surface area contributed by atoms with E-state index in [0.29, 0.717) is 11.8 Å². The van der Waals surface area contributed by atoms with Crippen LogP contribution in [0.5, 0.6) is 5.75 Å². The topological polar surface area (TPSA) is 74.6 Å². The second-order valence-corrected chi connectivity index (χ2v) is 2.99. The molecule has 0 bridgehead atoms. The standard InChI is InChI=1S/C10H10O4/c1-6(10(13)14)9-3-2-8(12)4-7(9)5-11/h2-6,12H,1H3,(H,13,14). The molecule has 2 N–H and O–H groups in total. The first-order valence-electron chi connectivity index (χ1n) is 4.07. The molecule has 0 amide bonds. The maximum atomic E-state index is 10.7. The van der Waals surface area contributed by atoms with E-state index in [1.165, 1.54) is 25.1 Å². The third-order valence-electron chi connectivity index (χ3n) is 2.03. The Labute approximate surface area is 80.8 Å². The summed E-state index contributed by atoms with van der Waals surface area (Å²) in [5.41, 5.74) is 0.616. The van der Waals surface area contributed by atoms with Gasteiger partial charge in [-0.05, 0) is 24.6 Å². The van der Waals surface area contributed by atoms with Crippen LogP contribution < -0.4 is 0 Å². The Hall–Kier alpha value is -1.84. The van der Waals surface area contributed by atoms with Crippen molar-refractivity contribution in [3.63, 3.8) is 0 Å². The van der Waals surface area contributed by atoms with Gasteiger partial charge in [0.15, 0.2) is 0 Å². The van der Waals surface area contributed by atoms with Gasteiger partial charge in [-0.3, -0.25) is 9.59 Å². The van der Waals surface area contributed by atoms with Crippen molar-refractivity contribution in [2.75, 3.05) is 0 Å². The number of phenolic OH excluding ortho intramolecular Hbond substituents is 1. The zero-order chi connectivity index (χ0) is 10.7. The summed E-state index contributed by atoms with van der Waals surface area (Å²) in [6.45, 7) is 1.49. The van der Waals surface area contributed by atoms with Crippen LogP contribution in [-0.2, 0) is 4.79 Å². The van der Waals surface area contributed by atoms with Gasteiger partial charge in [0.05, 0.1) is 5.92 Å². The molecule has 1 unspecified atom stereocenters. The van der Waals surface area contributed by atoms with Crippen LogP contribution >= 0.6 is 0 Å². The molecule has 0 radical (unpaired) electrons. The molecule has 4 nitrogen and oxygen atoms in total. The SMILES string of the molecule is CC(C(=O)O)c1ccc(O)cc1C=O. The van der Waals surface area contributed by atoms with Crippen molar-refractivity contribution >= 4 is 12.3 Å². The lowest BCUT2D eigenvalue weighted by molar-refractivity contribution is -0.138. The third-order valence-corrected chi connectivity index (χ3v) is 2.03. The van der Waals surface area contributed by atoms with Crippen LogP contribution in [0.25, 0.3) is 0 Å². The fraction of sp³-hybridized carbons (Fsp3) is 0.200. The highest BCUT2D eigenvalue weighted by atomic mass is 16.4. The van der Waals surface area contributed by atoms with Crippen molar-refractivity contribution in [1.82, 2.24) is 0 Å². The average Bonchev–Trinajstić information content (AvgIpc) is 2.16. The number of benzene rings is 1. The van der Waals surface area contributed by atoms with E-state index < -0.39 is 11.9 Å². The smallest absolute Gasteiger partial charge is 0.310 e. The Morgan fingerprint density at radius 2 is 2.14 bits per heavy atom. The van der Waals surface area contributed by atoms with Crippen molar-refractivity contribution < 1.29 is 19.8 Å². The van der Waals surface area contributed by atoms with Crippen molar-refractivity contribution in [3.05, 3.63) is 29.3 Å². The van der Waals surface area contributed by atoms with E-state index in [1.807, 2.05) is 0 Å². The first kappa shape index (κ1) is 10.2. The first-order chi connectivity index (χ1) is 6.56. The largest absolute Gasteiger partial charge is 0.508 e.